The summed E-state index contributed by atoms with van der Waals surface area (Å²) < 4.78 is 0. The molecule has 21 heavy (non-hydrogen) atoms. The topological polar surface area (TPSA) is 39.7 Å². The van der Waals surface area contributed by atoms with E-state index in [0.717, 1.165) is 30.9 Å². The predicted molar refractivity (Wildman–Crippen MR) is 90.8 cm³/mol. The zero-order valence-corrected chi connectivity index (χ0v) is 14.2. The van der Waals surface area contributed by atoms with E-state index in [1.165, 1.54) is 51.6 Å². The highest BCUT2D eigenvalue weighted by Gasteiger charge is 2.20. The third kappa shape index (κ3) is 5.85. The highest BCUT2D eigenvalue weighted by Crippen LogP contribution is 2.23. The maximum Gasteiger partial charge on any atom is 0.191 e. The molecule has 0 aromatic rings. The van der Waals surface area contributed by atoms with Gasteiger partial charge in [0.25, 0.3) is 0 Å². The van der Waals surface area contributed by atoms with E-state index in [0.29, 0.717) is 6.04 Å². The molecule has 2 aliphatic rings. The SMILES string of the molecule is CCNC(=NCC1CCN(C)CC1)NC1CCC(C)CC1. The number of guanidine groups is 1. The van der Waals surface area contributed by atoms with Crippen LogP contribution in [0.1, 0.15) is 52.4 Å². The maximum atomic E-state index is 4.85. The summed E-state index contributed by atoms with van der Waals surface area (Å²) in [6.07, 6.45) is 7.87. The number of piperidine rings is 1. The largest absolute Gasteiger partial charge is 0.357 e. The van der Waals surface area contributed by atoms with Crippen LogP contribution in [-0.2, 0) is 0 Å². The van der Waals surface area contributed by atoms with Crippen LogP contribution in [0.2, 0.25) is 0 Å². The first-order valence-corrected chi connectivity index (χ1v) is 8.90. The van der Waals surface area contributed by atoms with Crippen molar-refractivity contribution in [2.24, 2.45) is 16.8 Å². The molecule has 2 rings (SSSR count). The van der Waals surface area contributed by atoms with Gasteiger partial charge < -0.3 is 15.5 Å². The Morgan fingerprint density at radius 2 is 1.76 bits per heavy atom. The average Bonchev–Trinajstić information content (AvgIpc) is 2.49. The van der Waals surface area contributed by atoms with Crippen molar-refractivity contribution in [3.63, 3.8) is 0 Å². The molecule has 4 nitrogen and oxygen atoms in total. The molecular formula is C17H34N4. The summed E-state index contributed by atoms with van der Waals surface area (Å²) in [5.74, 6) is 2.71. The molecule has 0 amide bonds. The average molecular weight is 294 g/mol. The van der Waals surface area contributed by atoms with Crippen LogP contribution in [0.25, 0.3) is 0 Å². The van der Waals surface area contributed by atoms with Gasteiger partial charge in [-0.3, -0.25) is 4.99 Å². The quantitative estimate of drug-likeness (QED) is 0.618. The molecule has 0 atom stereocenters. The molecule has 1 heterocycles. The van der Waals surface area contributed by atoms with Crippen LogP contribution in [0.3, 0.4) is 0 Å². The number of hydrogen-bond acceptors (Lipinski definition) is 2. The molecule has 0 radical (unpaired) electrons. The van der Waals surface area contributed by atoms with Crippen LogP contribution in [0.15, 0.2) is 4.99 Å². The lowest BCUT2D eigenvalue weighted by atomic mass is 9.87. The van der Waals surface area contributed by atoms with Gasteiger partial charge in [-0.15, -0.1) is 0 Å². The fourth-order valence-electron chi connectivity index (χ4n) is 3.38. The summed E-state index contributed by atoms with van der Waals surface area (Å²) in [6.45, 7) is 8.90. The molecule has 2 N–H and O–H groups in total. The van der Waals surface area contributed by atoms with E-state index in [1.54, 1.807) is 0 Å². The lowest BCUT2D eigenvalue weighted by Crippen LogP contribution is -2.45. The Labute approximate surface area is 130 Å². The molecule has 0 aromatic heterocycles. The standard InChI is InChI=1S/C17H34N4/c1-4-18-17(20-16-7-5-14(2)6-8-16)19-13-15-9-11-21(3)12-10-15/h14-16H,4-13H2,1-3H3,(H2,18,19,20). The van der Waals surface area contributed by atoms with Crippen LogP contribution in [0.4, 0.5) is 0 Å². The van der Waals surface area contributed by atoms with Gasteiger partial charge in [-0.2, -0.15) is 0 Å². The lowest BCUT2D eigenvalue weighted by molar-refractivity contribution is 0.223. The number of likely N-dealkylation sites (tertiary alicyclic amines) is 1. The van der Waals surface area contributed by atoms with Crippen molar-refractivity contribution in [3.05, 3.63) is 0 Å². The van der Waals surface area contributed by atoms with E-state index in [4.69, 9.17) is 4.99 Å². The van der Waals surface area contributed by atoms with Crippen molar-refractivity contribution in [3.8, 4) is 0 Å². The second-order valence-electron chi connectivity index (χ2n) is 7.07. The molecule has 1 aliphatic carbocycles. The van der Waals surface area contributed by atoms with Gasteiger partial charge in [0.15, 0.2) is 5.96 Å². The van der Waals surface area contributed by atoms with E-state index in [1.807, 2.05) is 0 Å². The van der Waals surface area contributed by atoms with Crippen LogP contribution >= 0.6 is 0 Å². The Morgan fingerprint density at radius 3 is 2.38 bits per heavy atom. The molecule has 0 aromatic carbocycles. The molecule has 1 saturated carbocycles. The van der Waals surface area contributed by atoms with Crippen LogP contribution in [0.5, 0.6) is 0 Å². The van der Waals surface area contributed by atoms with Crippen molar-refractivity contribution < 1.29 is 0 Å². The zero-order valence-electron chi connectivity index (χ0n) is 14.2. The smallest absolute Gasteiger partial charge is 0.191 e. The van der Waals surface area contributed by atoms with Gasteiger partial charge in [0.05, 0.1) is 0 Å². The van der Waals surface area contributed by atoms with Crippen LogP contribution in [0, 0.1) is 11.8 Å². The molecule has 0 unspecified atom stereocenters. The Morgan fingerprint density at radius 1 is 1.10 bits per heavy atom. The first-order valence-electron chi connectivity index (χ1n) is 8.90. The lowest BCUT2D eigenvalue weighted by Gasteiger charge is -2.29. The summed E-state index contributed by atoms with van der Waals surface area (Å²) in [7, 11) is 2.22. The monoisotopic (exact) mass is 294 g/mol. The van der Waals surface area contributed by atoms with E-state index in [2.05, 4.69) is 36.4 Å². The van der Waals surface area contributed by atoms with E-state index in [-0.39, 0.29) is 0 Å². The molecule has 0 bridgehead atoms. The highest BCUT2D eigenvalue weighted by molar-refractivity contribution is 5.80. The Bertz CT molecular complexity index is 313. The van der Waals surface area contributed by atoms with Crippen molar-refractivity contribution in [1.29, 1.82) is 0 Å². The van der Waals surface area contributed by atoms with Crippen LogP contribution < -0.4 is 10.6 Å². The normalized spacial score (nSPS) is 29.4. The van der Waals surface area contributed by atoms with Gasteiger partial charge >= 0.3 is 0 Å². The fourth-order valence-corrected chi connectivity index (χ4v) is 3.38. The number of aliphatic imine (C=N–C) groups is 1. The second kappa shape index (κ2) is 8.62. The molecule has 122 valence electrons. The van der Waals surface area contributed by atoms with Gasteiger partial charge in [0.2, 0.25) is 0 Å². The summed E-state index contributed by atoms with van der Waals surface area (Å²) in [5.41, 5.74) is 0. The fraction of sp³-hybridized carbons (Fsp3) is 0.941. The Kier molecular flexibility index (Phi) is 6.81. The zero-order chi connectivity index (χ0) is 15.1. The van der Waals surface area contributed by atoms with Gasteiger partial charge in [-0.1, -0.05) is 6.92 Å². The minimum Gasteiger partial charge on any atom is -0.357 e. The van der Waals surface area contributed by atoms with Gasteiger partial charge in [0.1, 0.15) is 0 Å². The van der Waals surface area contributed by atoms with Crippen molar-refractivity contribution in [1.82, 2.24) is 15.5 Å². The molecule has 0 spiro atoms. The number of rotatable bonds is 4. The predicted octanol–water partition coefficient (Wildman–Crippen LogP) is 2.46. The Balaban J connectivity index is 1.78. The summed E-state index contributed by atoms with van der Waals surface area (Å²) >= 11 is 0. The summed E-state index contributed by atoms with van der Waals surface area (Å²) in [4.78, 5) is 7.27. The van der Waals surface area contributed by atoms with Gasteiger partial charge in [-0.05, 0) is 77.4 Å². The minimum atomic E-state index is 0.622. The maximum absolute atomic E-state index is 4.85. The third-order valence-electron chi connectivity index (χ3n) is 5.05. The Hall–Kier alpha value is -0.770. The minimum absolute atomic E-state index is 0.622. The van der Waals surface area contributed by atoms with Gasteiger partial charge in [-0.25, -0.2) is 0 Å². The van der Waals surface area contributed by atoms with E-state index in [9.17, 15) is 0 Å². The second-order valence-corrected chi connectivity index (χ2v) is 7.07. The molecular weight excluding hydrogens is 260 g/mol. The van der Waals surface area contributed by atoms with Crippen molar-refractivity contribution in [2.45, 2.75) is 58.4 Å². The number of hydrogen-bond donors (Lipinski definition) is 2. The van der Waals surface area contributed by atoms with E-state index >= 15 is 0 Å². The molecule has 1 saturated heterocycles. The highest BCUT2D eigenvalue weighted by atomic mass is 15.2. The van der Waals surface area contributed by atoms with Crippen LogP contribution in [-0.4, -0.2) is 50.1 Å². The first kappa shape index (κ1) is 16.6. The third-order valence-corrected chi connectivity index (χ3v) is 5.05. The molecule has 1 aliphatic heterocycles. The summed E-state index contributed by atoms with van der Waals surface area (Å²) in [6, 6.07) is 0.622. The first-order chi connectivity index (χ1) is 10.2. The summed E-state index contributed by atoms with van der Waals surface area (Å²) in [5, 5.41) is 7.07. The van der Waals surface area contributed by atoms with Crippen molar-refractivity contribution in [2.75, 3.05) is 33.2 Å². The molecule has 4 heteroatoms. The molecule has 2 fully saturated rings. The number of nitrogens with one attached hydrogen (secondary N) is 2. The van der Waals surface area contributed by atoms with Crippen molar-refractivity contribution >= 4 is 5.96 Å². The van der Waals surface area contributed by atoms with Gasteiger partial charge in [0, 0.05) is 19.1 Å². The van der Waals surface area contributed by atoms with E-state index < -0.39 is 0 Å². The number of nitrogens with zero attached hydrogens (tertiary/aromatic N) is 2.